The van der Waals surface area contributed by atoms with Crippen molar-refractivity contribution in [3.8, 4) is 5.75 Å². The summed E-state index contributed by atoms with van der Waals surface area (Å²) in [6, 6.07) is 12.8. The molecule has 1 aliphatic carbocycles. The van der Waals surface area contributed by atoms with Crippen molar-refractivity contribution in [3.05, 3.63) is 78.1 Å². The Morgan fingerprint density at radius 2 is 1.81 bits per heavy atom. The number of hydrogen-bond donors (Lipinski definition) is 2. The molecule has 4 rings (SSSR count). The quantitative estimate of drug-likeness (QED) is 0.444. The zero-order valence-electron chi connectivity index (χ0n) is 20.3. The molecule has 0 bridgehead atoms. The van der Waals surface area contributed by atoms with Crippen LogP contribution in [-0.2, 0) is 16.1 Å². The van der Waals surface area contributed by atoms with Crippen LogP contribution in [-0.4, -0.2) is 42.3 Å². The molecule has 2 aromatic heterocycles. The largest absolute Gasteiger partial charge is 0.497 e. The molecule has 36 heavy (non-hydrogen) atoms. The number of nitrogens with one attached hydrogen (secondary N) is 2. The van der Waals surface area contributed by atoms with Crippen LogP contribution >= 0.6 is 0 Å². The maximum atomic E-state index is 13.6. The van der Waals surface area contributed by atoms with Gasteiger partial charge in [-0.2, -0.15) is 0 Å². The monoisotopic (exact) mass is 493 g/mol. The van der Waals surface area contributed by atoms with Crippen LogP contribution in [0.4, 0.5) is 0 Å². The number of benzene rings is 1. The van der Waals surface area contributed by atoms with E-state index in [1.54, 1.807) is 37.4 Å². The number of methoxy groups -OCH3 is 1. The maximum absolute atomic E-state index is 13.6. The van der Waals surface area contributed by atoms with E-state index < -0.39 is 17.9 Å². The van der Waals surface area contributed by atoms with E-state index in [2.05, 4.69) is 10.6 Å². The molecule has 1 atom stereocenters. The van der Waals surface area contributed by atoms with E-state index in [1.807, 2.05) is 12.1 Å². The minimum Gasteiger partial charge on any atom is -0.497 e. The van der Waals surface area contributed by atoms with Gasteiger partial charge in [0.15, 0.2) is 11.8 Å². The molecule has 1 aromatic carbocycles. The Morgan fingerprint density at radius 3 is 2.50 bits per heavy atom. The smallest absolute Gasteiger partial charge is 0.287 e. The number of carbonyl (C=O) groups is 3. The number of amides is 3. The molecule has 1 unspecified atom stereocenters. The van der Waals surface area contributed by atoms with Crippen LogP contribution in [0.25, 0.3) is 0 Å². The Hall–Kier alpha value is -4.01. The second kappa shape index (κ2) is 12.1. The molecule has 3 aromatic rings. The number of nitrogens with zero attached hydrogens (tertiary/aromatic N) is 1. The maximum Gasteiger partial charge on any atom is 0.287 e. The highest BCUT2D eigenvalue weighted by atomic mass is 16.5. The molecule has 190 valence electrons. The molecular weight excluding hydrogens is 462 g/mol. The second-order valence-electron chi connectivity index (χ2n) is 8.79. The topological polar surface area (TPSA) is 114 Å². The summed E-state index contributed by atoms with van der Waals surface area (Å²) in [5.41, 5.74) is 0.766. The summed E-state index contributed by atoms with van der Waals surface area (Å²) >= 11 is 0. The predicted octanol–water partition coefficient (Wildman–Crippen LogP) is 3.83. The SMILES string of the molecule is COc1cccc(CN(C(=O)CNC(=O)c2ccco2)C(C(=O)NC2CCCCC2)c2ccco2)c1. The third kappa shape index (κ3) is 6.35. The summed E-state index contributed by atoms with van der Waals surface area (Å²) < 4.78 is 16.1. The average Bonchev–Trinajstić information content (AvgIpc) is 3.62. The normalized spacial score (nSPS) is 14.6. The van der Waals surface area contributed by atoms with E-state index in [-0.39, 0.29) is 30.8 Å². The van der Waals surface area contributed by atoms with Crippen molar-refractivity contribution in [1.29, 1.82) is 0 Å². The van der Waals surface area contributed by atoms with Crippen LogP contribution in [0, 0.1) is 0 Å². The van der Waals surface area contributed by atoms with Crippen LogP contribution in [0.1, 0.15) is 60.0 Å². The molecule has 2 N–H and O–H groups in total. The van der Waals surface area contributed by atoms with Crippen molar-refractivity contribution < 1.29 is 28.0 Å². The fraction of sp³-hybridized carbons (Fsp3) is 0.370. The van der Waals surface area contributed by atoms with Gasteiger partial charge in [0.05, 0.1) is 26.2 Å². The van der Waals surface area contributed by atoms with Crippen molar-refractivity contribution in [2.24, 2.45) is 0 Å². The Bertz CT molecular complexity index is 1140. The van der Waals surface area contributed by atoms with Gasteiger partial charge in [-0.3, -0.25) is 14.4 Å². The van der Waals surface area contributed by atoms with Gasteiger partial charge in [0.1, 0.15) is 11.5 Å². The molecule has 0 radical (unpaired) electrons. The summed E-state index contributed by atoms with van der Waals surface area (Å²) in [5, 5.41) is 5.70. The standard InChI is InChI=1S/C27H31N3O6/c1-34-21-11-5-8-19(16-21)18-30(24(31)17-28-26(32)23-13-7-15-36-23)25(22-12-6-14-35-22)27(33)29-20-9-3-2-4-10-20/h5-8,11-16,20,25H,2-4,9-10,17-18H2,1H3,(H,28,32)(H,29,33). The first kappa shape index (κ1) is 25.1. The lowest BCUT2D eigenvalue weighted by molar-refractivity contribution is -0.142. The highest BCUT2D eigenvalue weighted by Gasteiger charge is 2.35. The molecule has 0 saturated heterocycles. The number of carbonyl (C=O) groups excluding carboxylic acids is 3. The average molecular weight is 494 g/mol. The van der Waals surface area contributed by atoms with Crippen LogP contribution in [0.3, 0.4) is 0 Å². The van der Waals surface area contributed by atoms with Gasteiger partial charge in [-0.05, 0) is 54.8 Å². The van der Waals surface area contributed by atoms with Crippen molar-refractivity contribution >= 4 is 17.7 Å². The Balaban J connectivity index is 1.60. The molecule has 0 aliphatic heterocycles. The van der Waals surface area contributed by atoms with Gasteiger partial charge in [0, 0.05) is 12.6 Å². The van der Waals surface area contributed by atoms with Crippen molar-refractivity contribution in [1.82, 2.24) is 15.5 Å². The predicted molar refractivity (Wildman–Crippen MR) is 131 cm³/mol. The third-order valence-corrected chi connectivity index (χ3v) is 6.28. The Kier molecular flexibility index (Phi) is 8.44. The first-order valence-corrected chi connectivity index (χ1v) is 12.1. The lowest BCUT2D eigenvalue weighted by Gasteiger charge is -2.32. The first-order valence-electron chi connectivity index (χ1n) is 12.1. The molecular formula is C27H31N3O6. The highest BCUT2D eigenvalue weighted by Crippen LogP contribution is 2.27. The zero-order valence-corrected chi connectivity index (χ0v) is 20.3. The van der Waals surface area contributed by atoms with Gasteiger partial charge in [0.25, 0.3) is 11.8 Å². The molecule has 1 aliphatic rings. The minimum atomic E-state index is -1.01. The van der Waals surface area contributed by atoms with Crippen molar-refractivity contribution in [3.63, 3.8) is 0 Å². The third-order valence-electron chi connectivity index (χ3n) is 6.28. The Labute approximate surface area is 209 Å². The van der Waals surface area contributed by atoms with E-state index >= 15 is 0 Å². The summed E-state index contributed by atoms with van der Waals surface area (Å²) in [5.74, 6) is -0.205. The van der Waals surface area contributed by atoms with Crippen molar-refractivity contribution in [2.45, 2.75) is 50.7 Å². The fourth-order valence-electron chi connectivity index (χ4n) is 4.44. The van der Waals surface area contributed by atoms with Crippen LogP contribution in [0.2, 0.25) is 0 Å². The number of furan rings is 2. The van der Waals surface area contributed by atoms with Gasteiger partial charge in [-0.25, -0.2) is 0 Å². The molecule has 2 heterocycles. The van der Waals surface area contributed by atoms with Crippen LogP contribution in [0.5, 0.6) is 5.75 Å². The summed E-state index contributed by atoms with van der Waals surface area (Å²) in [6.45, 7) is -0.215. The number of hydrogen-bond acceptors (Lipinski definition) is 6. The fourth-order valence-corrected chi connectivity index (χ4v) is 4.44. The summed E-state index contributed by atoms with van der Waals surface area (Å²) in [6.07, 6.45) is 7.93. The van der Waals surface area contributed by atoms with Gasteiger partial charge < -0.3 is 29.1 Å². The molecule has 9 heteroatoms. The molecule has 9 nitrogen and oxygen atoms in total. The molecule has 3 amide bonds. The summed E-state index contributed by atoms with van der Waals surface area (Å²) in [7, 11) is 1.56. The lowest BCUT2D eigenvalue weighted by Crippen LogP contribution is -2.49. The number of rotatable bonds is 10. The van der Waals surface area contributed by atoms with E-state index in [0.717, 1.165) is 37.7 Å². The van der Waals surface area contributed by atoms with E-state index in [4.69, 9.17) is 13.6 Å². The molecule has 0 spiro atoms. The molecule has 1 saturated carbocycles. The summed E-state index contributed by atoms with van der Waals surface area (Å²) in [4.78, 5) is 40.9. The van der Waals surface area contributed by atoms with E-state index in [0.29, 0.717) is 11.5 Å². The minimum absolute atomic E-state index is 0.0520. The van der Waals surface area contributed by atoms with Gasteiger partial charge in [0.2, 0.25) is 5.91 Å². The van der Waals surface area contributed by atoms with Crippen LogP contribution in [0.15, 0.2) is 69.9 Å². The first-order chi connectivity index (χ1) is 17.5. The second-order valence-corrected chi connectivity index (χ2v) is 8.79. The number of ether oxygens (including phenoxy) is 1. The van der Waals surface area contributed by atoms with Crippen molar-refractivity contribution in [2.75, 3.05) is 13.7 Å². The van der Waals surface area contributed by atoms with Gasteiger partial charge >= 0.3 is 0 Å². The van der Waals surface area contributed by atoms with Gasteiger partial charge in [-0.15, -0.1) is 0 Å². The van der Waals surface area contributed by atoms with Gasteiger partial charge in [-0.1, -0.05) is 31.4 Å². The Morgan fingerprint density at radius 1 is 1.03 bits per heavy atom. The van der Waals surface area contributed by atoms with Crippen LogP contribution < -0.4 is 15.4 Å². The van der Waals surface area contributed by atoms with E-state index in [1.165, 1.54) is 23.5 Å². The zero-order chi connectivity index (χ0) is 25.3. The lowest BCUT2D eigenvalue weighted by atomic mass is 9.95. The molecule has 1 fully saturated rings. The highest BCUT2D eigenvalue weighted by molar-refractivity contribution is 5.95. The van der Waals surface area contributed by atoms with E-state index in [9.17, 15) is 14.4 Å².